The topological polar surface area (TPSA) is 42.1 Å². The van der Waals surface area contributed by atoms with E-state index in [0.717, 1.165) is 18.5 Å². The molecule has 0 amide bonds. The van der Waals surface area contributed by atoms with Crippen molar-refractivity contribution >= 4 is 0 Å². The van der Waals surface area contributed by atoms with Gasteiger partial charge in [-0.3, -0.25) is 4.98 Å². The van der Waals surface area contributed by atoms with E-state index in [9.17, 15) is 0 Å². The lowest BCUT2D eigenvalue weighted by atomic mass is 9.83. The second-order valence-corrected chi connectivity index (χ2v) is 6.01. The molecule has 2 saturated heterocycles. The molecule has 18 heavy (non-hydrogen) atoms. The van der Waals surface area contributed by atoms with Gasteiger partial charge < -0.3 is 10.6 Å². The van der Waals surface area contributed by atoms with Gasteiger partial charge in [-0.25, -0.2) is 0 Å². The Bertz CT molecular complexity index is 378. The van der Waals surface area contributed by atoms with Crippen LogP contribution in [0.5, 0.6) is 0 Å². The maximum atomic E-state index is 6.43. The van der Waals surface area contributed by atoms with Gasteiger partial charge in [0.1, 0.15) is 0 Å². The van der Waals surface area contributed by atoms with Crippen LogP contribution in [0.1, 0.15) is 31.2 Å². The minimum atomic E-state index is 0.297. The van der Waals surface area contributed by atoms with Crippen molar-refractivity contribution in [1.29, 1.82) is 0 Å². The third-order valence-corrected chi connectivity index (χ3v) is 4.93. The summed E-state index contributed by atoms with van der Waals surface area (Å²) in [5.41, 5.74) is 7.71. The molecular weight excluding hydrogens is 222 g/mol. The van der Waals surface area contributed by atoms with Crippen molar-refractivity contribution in [2.75, 3.05) is 7.05 Å². The summed E-state index contributed by atoms with van der Waals surface area (Å²) in [6, 6.07) is 6.00. The van der Waals surface area contributed by atoms with Gasteiger partial charge in [-0.05, 0) is 56.7 Å². The van der Waals surface area contributed by atoms with Gasteiger partial charge in [0, 0.05) is 30.5 Å². The number of fused-ring (bicyclic) bond motifs is 2. The molecule has 1 aromatic heterocycles. The van der Waals surface area contributed by atoms with Crippen LogP contribution in [0, 0.1) is 5.92 Å². The molecule has 2 fully saturated rings. The van der Waals surface area contributed by atoms with Crippen molar-refractivity contribution in [3.8, 4) is 0 Å². The summed E-state index contributed by atoms with van der Waals surface area (Å²) in [4.78, 5) is 6.75. The highest BCUT2D eigenvalue weighted by molar-refractivity contribution is 5.11. The average molecular weight is 245 g/mol. The second-order valence-electron chi connectivity index (χ2n) is 6.01. The van der Waals surface area contributed by atoms with Crippen LogP contribution in [0.15, 0.2) is 24.5 Å². The van der Waals surface area contributed by atoms with Gasteiger partial charge in [0.2, 0.25) is 0 Å². The van der Waals surface area contributed by atoms with E-state index in [2.05, 4.69) is 23.0 Å². The number of hydrogen-bond acceptors (Lipinski definition) is 3. The zero-order valence-electron chi connectivity index (χ0n) is 11.1. The minimum absolute atomic E-state index is 0.297. The van der Waals surface area contributed by atoms with Crippen molar-refractivity contribution in [1.82, 2.24) is 9.88 Å². The van der Waals surface area contributed by atoms with Crippen molar-refractivity contribution < 1.29 is 0 Å². The lowest BCUT2D eigenvalue weighted by Crippen LogP contribution is -2.46. The number of rotatable bonds is 3. The summed E-state index contributed by atoms with van der Waals surface area (Å²) in [7, 11) is 2.28. The first kappa shape index (κ1) is 12.1. The van der Waals surface area contributed by atoms with Crippen LogP contribution in [0.2, 0.25) is 0 Å². The van der Waals surface area contributed by atoms with Gasteiger partial charge in [0.25, 0.3) is 0 Å². The molecule has 0 radical (unpaired) electrons. The van der Waals surface area contributed by atoms with Gasteiger partial charge in [-0.2, -0.15) is 0 Å². The van der Waals surface area contributed by atoms with Gasteiger partial charge in [-0.15, -0.1) is 0 Å². The highest BCUT2D eigenvalue weighted by Gasteiger charge is 2.40. The molecule has 3 heteroatoms. The normalized spacial score (nSPS) is 33.6. The molecule has 0 aliphatic carbocycles. The lowest BCUT2D eigenvalue weighted by molar-refractivity contribution is 0.120. The fourth-order valence-electron chi connectivity index (χ4n) is 3.76. The smallest absolute Gasteiger partial charge is 0.0300 e. The Labute approximate surface area is 109 Å². The number of piperidine rings is 1. The van der Waals surface area contributed by atoms with Crippen LogP contribution in [-0.2, 0) is 6.42 Å². The Morgan fingerprint density at radius 1 is 1.39 bits per heavy atom. The molecule has 2 aliphatic heterocycles. The molecule has 3 nitrogen and oxygen atoms in total. The van der Waals surface area contributed by atoms with Crippen LogP contribution in [-0.4, -0.2) is 35.1 Å². The SMILES string of the molecule is CN1C2CCC1CC(C(N)Cc1cccnc1)C2. The highest BCUT2D eigenvalue weighted by atomic mass is 15.2. The summed E-state index contributed by atoms with van der Waals surface area (Å²) >= 11 is 0. The van der Waals surface area contributed by atoms with E-state index in [1.165, 1.54) is 31.2 Å². The summed E-state index contributed by atoms with van der Waals surface area (Å²) < 4.78 is 0. The molecule has 98 valence electrons. The molecule has 3 heterocycles. The Balaban J connectivity index is 1.62. The Morgan fingerprint density at radius 2 is 2.11 bits per heavy atom. The molecule has 0 saturated carbocycles. The van der Waals surface area contributed by atoms with Crippen LogP contribution >= 0.6 is 0 Å². The molecule has 2 aliphatic rings. The Hall–Kier alpha value is -0.930. The Kier molecular flexibility index (Phi) is 3.35. The van der Waals surface area contributed by atoms with Crippen molar-refractivity contribution in [3.05, 3.63) is 30.1 Å². The molecule has 2 N–H and O–H groups in total. The minimum Gasteiger partial charge on any atom is -0.327 e. The predicted molar refractivity (Wildman–Crippen MR) is 73.2 cm³/mol. The van der Waals surface area contributed by atoms with E-state index in [-0.39, 0.29) is 0 Å². The summed E-state index contributed by atoms with van der Waals surface area (Å²) in [6.07, 6.45) is 10.1. The molecule has 0 spiro atoms. The van der Waals surface area contributed by atoms with Gasteiger partial charge in [0.15, 0.2) is 0 Å². The maximum Gasteiger partial charge on any atom is 0.0300 e. The van der Waals surface area contributed by atoms with E-state index in [1.807, 2.05) is 18.5 Å². The molecule has 0 aromatic carbocycles. The zero-order valence-corrected chi connectivity index (χ0v) is 11.1. The average Bonchev–Trinajstić information content (AvgIpc) is 2.63. The van der Waals surface area contributed by atoms with E-state index in [1.54, 1.807) is 0 Å². The molecule has 2 bridgehead atoms. The molecule has 3 atom stereocenters. The van der Waals surface area contributed by atoms with E-state index < -0.39 is 0 Å². The summed E-state index contributed by atoms with van der Waals surface area (Å²) in [6.45, 7) is 0. The maximum absolute atomic E-state index is 6.43. The van der Waals surface area contributed by atoms with Gasteiger partial charge in [-0.1, -0.05) is 6.07 Å². The predicted octanol–water partition coefficient (Wildman–Crippen LogP) is 1.82. The number of nitrogens with zero attached hydrogens (tertiary/aromatic N) is 2. The first-order valence-corrected chi connectivity index (χ1v) is 7.10. The summed E-state index contributed by atoms with van der Waals surface area (Å²) in [5.74, 6) is 0.693. The fourth-order valence-corrected chi connectivity index (χ4v) is 3.76. The zero-order chi connectivity index (χ0) is 12.5. The third kappa shape index (κ3) is 2.29. The Morgan fingerprint density at radius 3 is 2.72 bits per heavy atom. The van der Waals surface area contributed by atoms with Crippen molar-refractivity contribution in [2.45, 2.75) is 50.2 Å². The largest absolute Gasteiger partial charge is 0.327 e. The number of hydrogen-bond donors (Lipinski definition) is 1. The third-order valence-electron chi connectivity index (χ3n) is 4.93. The first-order chi connectivity index (χ1) is 8.74. The summed E-state index contributed by atoms with van der Waals surface area (Å²) in [5, 5.41) is 0. The van der Waals surface area contributed by atoms with Crippen molar-refractivity contribution in [2.24, 2.45) is 11.7 Å². The number of nitrogens with two attached hydrogens (primary N) is 1. The molecular formula is C15H23N3. The van der Waals surface area contributed by atoms with Gasteiger partial charge in [0.05, 0.1) is 0 Å². The van der Waals surface area contributed by atoms with E-state index >= 15 is 0 Å². The first-order valence-electron chi connectivity index (χ1n) is 7.10. The second kappa shape index (κ2) is 4.98. The standard InChI is InChI=1S/C15H23N3/c1-18-13-4-5-14(18)9-12(8-13)15(16)7-11-3-2-6-17-10-11/h2-3,6,10,12-15H,4-5,7-9,16H2,1H3. The van der Waals surface area contributed by atoms with E-state index in [0.29, 0.717) is 12.0 Å². The lowest BCUT2D eigenvalue weighted by Gasteiger charge is -2.38. The van der Waals surface area contributed by atoms with E-state index in [4.69, 9.17) is 5.73 Å². The van der Waals surface area contributed by atoms with Crippen molar-refractivity contribution in [3.63, 3.8) is 0 Å². The van der Waals surface area contributed by atoms with Crippen LogP contribution < -0.4 is 5.73 Å². The quantitative estimate of drug-likeness (QED) is 0.883. The molecule has 3 rings (SSSR count). The van der Waals surface area contributed by atoms with Crippen LogP contribution in [0.4, 0.5) is 0 Å². The fraction of sp³-hybridized carbons (Fsp3) is 0.667. The number of aromatic nitrogens is 1. The monoisotopic (exact) mass is 245 g/mol. The molecule has 3 unspecified atom stereocenters. The van der Waals surface area contributed by atoms with Crippen LogP contribution in [0.25, 0.3) is 0 Å². The van der Waals surface area contributed by atoms with Crippen LogP contribution in [0.3, 0.4) is 0 Å². The highest BCUT2D eigenvalue weighted by Crippen LogP contribution is 2.38. The molecule has 1 aromatic rings. The number of pyridine rings is 1. The van der Waals surface area contributed by atoms with Gasteiger partial charge >= 0.3 is 0 Å².